The van der Waals surface area contributed by atoms with E-state index in [2.05, 4.69) is 97.1 Å². The zero-order valence-electron chi connectivity index (χ0n) is 19.0. The van der Waals surface area contributed by atoms with Crippen molar-refractivity contribution in [2.75, 3.05) is 0 Å². The first-order chi connectivity index (χ1) is 17.3. The Bertz CT molecular complexity index is 1830. The van der Waals surface area contributed by atoms with Crippen LogP contribution in [0.3, 0.4) is 0 Å². The number of pyridine rings is 1. The number of fused-ring (bicyclic) bond motifs is 4. The van der Waals surface area contributed by atoms with Gasteiger partial charge in [-0.15, -0.1) is 0 Å². The van der Waals surface area contributed by atoms with Gasteiger partial charge in [-0.3, -0.25) is 4.98 Å². The highest BCUT2D eigenvalue weighted by Crippen LogP contribution is 2.40. The first-order valence-corrected chi connectivity index (χ1v) is 11.8. The van der Waals surface area contributed by atoms with Gasteiger partial charge >= 0.3 is 0 Å². The topological polar surface area (TPSA) is 26.0 Å². The Labute approximate surface area is 203 Å². The maximum absolute atomic E-state index is 6.46. The van der Waals surface area contributed by atoms with Crippen LogP contribution in [-0.2, 0) is 0 Å². The van der Waals surface area contributed by atoms with Crippen molar-refractivity contribution in [3.05, 3.63) is 128 Å². The summed E-state index contributed by atoms with van der Waals surface area (Å²) >= 11 is 0. The quantitative estimate of drug-likeness (QED) is 0.252. The SMILES string of the molecule is c1ccc(-c2cc3cc(-c4nccc5c4ccc4ccccc45)cc(-c4ccccc4)c3o2)cc1. The van der Waals surface area contributed by atoms with Crippen LogP contribution in [0, 0.1) is 0 Å². The molecule has 35 heavy (non-hydrogen) atoms. The molecule has 0 amide bonds. The third-order valence-electron chi connectivity index (χ3n) is 6.70. The molecular weight excluding hydrogens is 426 g/mol. The van der Waals surface area contributed by atoms with Crippen LogP contribution in [-0.4, -0.2) is 4.98 Å². The van der Waals surface area contributed by atoms with Gasteiger partial charge in [0.05, 0.1) is 5.69 Å². The number of aromatic nitrogens is 1. The molecule has 0 saturated heterocycles. The van der Waals surface area contributed by atoms with E-state index in [4.69, 9.17) is 9.40 Å². The van der Waals surface area contributed by atoms with Crippen molar-refractivity contribution in [2.45, 2.75) is 0 Å². The van der Waals surface area contributed by atoms with Gasteiger partial charge in [0.15, 0.2) is 0 Å². The molecule has 0 radical (unpaired) electrons. The van der Waals surface area contributed by atoms with E-state index in [-0.39, 0.29) is 0 Å². The predicted octanol–water partition coefficient (Wildman–Crippen LogP) is 9.14. The molecule has 2 heterocycles. The first-order valence-electron chi connectivity index (χ1n) is 11.8. The first kappa shape index (κ1) is 19.7. The van der Waals surface area contributed by atoms with Gasteiger partial charge in [-0.05, 0) is 46.0 Å². The molecule has 0 N–H and O–H groups in total. The van der Waals surface area contributed by atoms with Gasteiger partial charge in [-0.2, -0.15) is 0 Å². The van der Waals surface area contributed by atoms with Crippen LogP contribution in [0.2, 0.25) is 0 Å². The second-order valence-corrected chi connectivity index (χ2v) is 8.83. The number of furan rings is 1. The molecule has 2 aromatic heterocycles. The summed E-state index contributed by atoms with van der Waals surface area (Å²) in [4.78, 5) is 4.86. The lowest BCUT2D eigenvalue weighted by Crippen LogP contribution is -1.89. The molecule has 0 spiro atoms. The largest absolute Gasteiger partial charge is 0.455 e. The molecule has 5 aromatic carbocycles. The summed E-state index contributed by atoms with van der Waals surface area (Å²) in [7, 11) is 0. The van der Waals surface area contributed by atoms with Crippen LogP contribution in [0.4, 0.5) is 0 Å². The van der Waals surface area contributed by atoms with E-state index in [0.717, 1.165) is 50.1 Å². The van der Waals surface area contributed by atoms with Crippen LogP contribution in [0.15, 0.2) is 132 Å². The number of nitrogens with zero attached hydrogens (tertiary/aromatic N) is 1. The molecule has 0 aliphatic carbocycles. The zero-order valence-corrected chi connectivity index (χ0v) is 19.0. The monoisotopic (exact) mass is 447 g/mol. The Morgan fingerprint density at radius 2 is 1.23 bits per heavy atom. The molecule has 2 nitrogen and oxygen atoms in total. The molecule has 0 fully saturated rings. The van der Waals surface area contributed by atoms with E-state index in [9.17, 15) is 0 Å². The standard InChI is InChI=1S/C33H21NO/c1-3-9-22(10-4-1)30-20-25(19-26-21-31(35-33(26)30)24-12-5-2-6-13-24)32-29-16-15-23-11-7-8-14-27(23)28(29)17-18-34-32/h1-21H. The van der Waals surface area contributed by atoms with Crippen molar-refractivity contribution in [2.24, 2.45) is 0 Å². The molecule has 0 aliphatic rings. The summed E-state index contributed by atoms with van der Waals surface area (Å²) in [6.45, 7) is 0. The normalized spacial score (nSPS) is 11.4. The molecule has 0 unspecified atom stereocenters. The predicted molar refractivity (Wildman–Crippen MR) is 145 cm³/mol. The Morgan fingerprint density at radius 1 is 0.486 bits per heavy atom. The summed E-state index contributed by atoms with van der Waals surface area (Å²) in [6.07, 6.45) is 1.92. The fraction of sp³-hybridized carbons (Fsp3) is 0. The van der Waals surface area contributed by atoms with Crippen LogP contribution in [0.5, 0.6) is 0 Å². The van der Waals surface area contributed by atoms with Gasteiger partial charge in [0.2, 0.25) is 0 Å². The maximum atomic E-state index is 6.46. The van der Waals surface area contributed by atoms with E-state index < -0.39 is 0 Å². The number of benzene rings is 5. The smallest absolute Gasteiger partial charge is 0.142 e. The van der Waals surface area contributed by atoms with E-state index >= 15 is 0 Å². The van der Waals surface area contributed by atoms with Gasteiger partial charge in [-0.25, -0.2) is 0 Å². The highest BCUT2D eigenvalue weighted by Gasteiger charge is 2.16. The molecule has 0 bridgehead atoms. The Balaban J connectivity index is 1.52. The van der Waals surface area contributed by atoms with Gasteiger partial charge in [-0.1, -0.05) is 97.1 Å². The summed E-state index contributed by atoms with van der Waals surface area (Å²) in [5.41, 5.74) is 6.22. The van der Waals surface area contributed by atoms with Crippen molar-refractivity contribution in [3.8, 4) is 33.7 Å². The van der Waals surface area contributed by atoms with Crippen molar-refractivity contribution in [3.63, 3.8) is 0 Å². The fourth-order valence-corrected chi connectivity index (χ4v) is 5.03. The summed E-state index contributed by atoms with van der Waals surface area (Å²) in [5, 5.41) is 5.91. The fourth-order valence-electron chi connectivity index (χ4n) is 5.03. The number of hydrogen-bond donors (Lipinski definition) is 0. The van der Waals surface area contributed by atoms with E-state index in [1.165, 1.54) is 16.2 Å². The average Bonchev–Trinajstić information content (AvgIpc) is 3.37. The number of hydrogen-bond acceptors (Lipinski definition) is 2. The maximum Gasteiger partial charge on any atom is 0.142 e. The molecule has 164 valence electrons. The summed E-state index contributed by atoms with van der Waals surface area (Å²) < 4.78 is 6.46. The number of rotatable bonds is 3. The molecule has 0 saturated carbocycles. The lowest BCUT2D eigenvalue weighted by molar-refractivity contribution is 0.632. The van der Waals surface area contributed by atoms with E-state index in [0.29, 0.717) is 0 Å². The molecular formula is C33H21NO. The van der Waals surface area contributed by atoms with Crippen molar-refractivity contribution < 1.29 is 4.42 Å². The minimum absolute atomic E-state index is 0.867. The third kappa shape index (κ3) is 3.31. The molecule has 0 aliphatic heterocycles. The van der Waals surface area contributed by atoms with Gasteiger partial charge in [0, 0.05) is 33.7 Å². The van der Waals surface area contributed by atoms with E-state index in [1.54, 1.807) is 0 Å². The Kier molecular flexibility index (Phi) is 4.49. The van der Waals surface area contributed by atoms with E-state index in [1.807, 2.05) is 30.5 Å². The summed E-state index contributed by atoms with van der Waals surface area (Å²) in [5.74, 6) is 0.867. The van der Waals surface area contributed by atoms with Crippen LogP contribution in [0.1, 0.15) is 0 Å². The minimum atomic E-state index is 0.867. The summed E-state index contributed by atoms with van der Waals surface area (Å²) in [6, 6.07) is 42.3. The molecule has 2 heteroatoms. The highest BCUT2D eigenvalue weighted by atomic mass is 16.3. The van der Waals surface area contributed by atoms with Crippen molar-refractivity contribution in [1.82, 2.24) is 4.98 Å². The van der Waals surface area contributed by atoms with Gasteiger partial charge in [0.1, 0.15) is 11.3 Å². The minimum Gasteiger partial charge on any atom is -0.455 e. The Morgan fingerprint density at radius 3 is 2.06 bits per heavy atom. The Hall–Kier alpha value is -4.69. The molecule has 7 aromatic rings. The van der Waals surface area contributed by atoms with Crippen LogP contribution < -0.4 is 0 Å². The van der Waals surface area contributed by atoms with Crippen LogP contribution in [0.25, 0.3) is 66.2 Å². The lowest BCUT2D eigenvalue weighted by Gasteiger charge is -2.11. The highest BCUT2D eigenvalue weighted by molar-refractivity contribution is 6.12. The zero-order chi connectivity index (χ0) is 23.2. The second kappa shape index (κ2) is 7.96. The van der Waals surface area contributed by atoms with Crippen molar-refractivity contribution >= 4 is 32.5 Å². The average molecular weight is 448 g/mol. The molecule has 0 atom stereocenters. The van der Waals surface area contributed by atoms with Gasteiger partial charge in [0.25, 0.3) is 0 Å². The molecule has 7 rings (SSSR count). The second-order valence-electron chi connectivity index (χ2n) is 8.83. The third-order valence-corrected chi connectivity index (χ3v) is 6.70. The lowest BCUT2D eigenvalue weighted by atomic mass is 9.95. The van der Waals surface area contributed by atoms with Gasteiger partial charge < -0.3 is 4.42 Å². The van der Waals surface area contributed by atoms with Crippen molar-refractivity contribution in [1.29, 1.82) is 0 Å². The van der Waals surface area contributed by atoms with Crippen LogP contribution >= 0.6 is 0 Å².